The van der Waals surface area contributed by atoms with Gasteiger partial charge < -0.3 is 10.1 Å². The second kappa shape index (κ2) is 11.2. The Labute approximate surface area is 183 Å². The molecule has 10 heteroatoms. The van der Waals surface area contributed by atoms with E-state index in [2.05, 4.69) is 10.6 Å². The van der Waals surface area contributed by atoms with Gasteiger partial charge in [0.1, 0.15) is 0 Å². The monoisotopic (exact) mass is 453 g/mol. The van der Waals surface area contributed by atoms with Crippen LogP contribution in [0.1, 0.15) is 50.4 Å². The van der Waals surface area contributed by atoms with Crippen LogP contribution in [-0.4, -0.2) is 56.9 Å². The normalized spacial score (nSPS) is 19.5. The summed E-state index contributed by atoms with van der Waals surface area (Å²) in [5, 5.41) is 4.58. The molecule has 3 amide bonds. The van der Waals surface area contributed by atoms with Gasteiger partial charge in [-0.2, -0.15) is 4.31 Å². The molecule has 0 radical (unpaired) electrons. The predicted octanol–water partition coefficient (Wildman–Crippen LogP) is 2.14. The molecule has 31 heavy (non-hydrogen) atoms. The zero-order chi connectivity index (χ0) is 23.0. The molecule has 2 unspecified atom stereocenters. The molecule has 1 aliphatic rings. The number of ether oxygens (including phenoxy) is 1. The highest BCUT2D eigenvalue weighted by atomic mass is 32.2. The highest BCUT2D eigenvalue weighted by molar-refractivity contribution is 7.89. The quantitative estimate of drug-likeness (QED) is 0.459. The van der Waals surface area contributed by atoms with E-state index in [1.807, 2.05) is 20.8 Å². The van der Waals surface area contributed by atoms with E-state index >= 15 is 0 Å². The maximum atomic E-state index is 12.9. The van der Waals surface area contributed by atoms with Gasteiger partial charge in [0.05, 0.1) is 10.5 Å². The molecule has 2 atom stereocenters. The second-order valence-corrected chi connectivity index (χ2v) is 9.96. The van der Waals surface area contributed by atoms with Gasteiger partial charge in [-0.05, 0) is 48.9 Å². The van der Waals surface area contributed by atoms with Crippen LogP contribution < -0.4 is 10.6 Å². The third-order valence-electron chi connectivity index (χ3n) is 4.97. The Balaban J connectivity index is 1.90. The van der Waals surface area contributed by atoms with Crippen molar-refractivity contribution in [2.75, 3.05) is 26.2 Å². The van der Waals surface area contributed by atoms with E-state index in [9.17, 15) is 22.8 Å². The number of rotatable bonds is 8. The van der Waals surface area contributed by atoms with Crippen molar-refractivity contribution in [1.29, 1.82) is 0 Å². The highest BCUT2D eigenvalue weighted by Crippen LogP contribution is 2.26. The summed E-state index contributed by atoms with van der Waals surface area (Å²) in [7, 11) is -3.65. The molecule has 1 fully saturated rings. The van der Waals surface area contributed by atoms with Gasteiger partial charge >= 0.3 is 12.0 Å². The number of piperidine rings is 1. The number of nitrogens with one attached hydrogen (secondary N) is 2. The van der Waals surface area contributed by atoms with Crippen molar-refractivity contribution >= 4 is 27.9 Å². The van der Waals surface area contributed by atoms with Gasteiger partial charge in [0.15, 0.2) is 6.61 Å². The molecule has 1 heterocycles. The minimum absolute atomic E-state index is 0.104. The predicted molar refractivity (Wildman–Crippen MR) is 115 cm³/mol. The number of amides is 3. The lowest BCUT2D eigenvalue weighted by Crippen LogP contribution is -2.42. The lowest BCUT2D eigenvalue weighted by atomic mass is 9.94. The smallest absolute Gasteiger partial charge is 0.338 e. The van der Waals surface area contributed by atoms with Crippen LogP contribution >= 0.6 is 0 Å². The number of carbonyl (C=O) groups excluding carboxylic acids is 3. The summed E-state index contributed by atoms with van der Waals surface area (Å²) >= 11 is 0. The number of sulfonamides is 1. The molecular weight excluding hydrogens is 422 g/mol. The molecule has 1 aromatic carbocycles. The lowest BCUT2D eigenvalue weighted by molar-refractivity contribution is -0.123. The van der Waals surface area contributed by atoms with Gasteiger partial charge in [0.25, 0.3) is 5.91 Å². The summed E-state index contributed by atoms with van der Waals surface area (Å²) in [6, 6.07) is 4.77. The van der Waals surface area contributed by atoms with Crippen molar-refractivity contribution < 1.29 is 27.5 Å². The lowest BCUT2D eigenvalue weighted by Gasteiger charge is -2.34. The number of unbranched alkanes of at least 4 members (excludes halogenated alkanes) is 1. The number of esters is 1. The van der Waals surface area contributed by atoms with Gasteiger partial charge in [-0.1, -0.05) is 27.2 Å². The van der Waals surface area contributed by atoms with Crippen LogP contribution in [0.15, 0.2) is 29.2 Å². The molecule has 9 nitrogen and oxygen atoms in total. The molecule has 2 N–H and O–H groups in total. The van der Waals surface area contributed by atoms with E-state index in [0.29, 0.717) is 19.6 Å². The van der Waals surface area contributed by atoms with Gasteiger partial charge in [0, 0.05) is 19.6 Å². The van der Waals surface area contributed by atoms with Crippen LogP contribution in [-0.2, 0) is 19.6 Å². The zero-order valence-electron chi connectivity index (χ0n) is 18.2. The first kappa shape index (κ1) is 24.8. The Morgan fingerprint density at radius 3 is 2.29 bits per heavy atom. The first-order valence-electron chi connectivity index (χ1n) is 10.5. The van der Waals surface area contributed by atoms with Crippen molar-refractivity contribution in [2.24, 2.45) is 11.8 Å². The van der Waals surface area contributed by atoms with Crippen molar-refractivity contribution in [2.45, 2.75) is 44.9 Å². The first-order chi connectivity index (χ1) is 14.6. The van der Waals surface area contributed by atoms with Crippen molar-refractivity contribution in [3.63, 3.8) is 0 Å². The average molecular weight is 454 g/mol. The number of urea groups is 1. The molecule has 0 bridgehead atoms. The summed E-state index contributed by atoms with van der Waals surface area (Å²) in [4.78, 5) is 35.4. The van der Waals surface area contributed by atoms with Gasteiger partial charge in [-0.25, -0.2) is 18.0 Å². The maximum absolute atomic E-state index is 12.9. The van der Waals surface area contributed by atoms with E-state index < -0.39 is 34.5 Å². The van der Waals surface area contributed by atoms with E-state index in [1.54, 1.807) is 0 Å². The molecule has 0 aromatic heterocycles. The van der Waals surface area contributed by atoms with Crippen LogP contribution in [0.25, 0.3) is 0 Å². The van der Waals surface area contributed by atoms with E-state index in [-0.39, 0.29) is 22.3 Å². The molecule has 1 aliphatic heterocycles. The van der Waals surface area contributed by atoms with Crippen LogP contribution in [0.5, 0.6) is 0 Å². The third kappa shape index (κ3) is 7.32. The van der Waals surface area contributed by atoms with Crippen LogP contribution in [0.4, 0.5) is 4.79 Å². The fourth-order valence-corrected chi connectivity index (χ4v) is 5.19. The van der Waals surface area contributed by atoms with E-state index in [4.69, 9.17) is 4.74 Å². The average Bonchev–Trinajstić information content (AvgIpc) is 2.71. The van der Waals surface area contributed by atoms with Crippen molar-refractivity contribution in [3.05, 3.63) is 29.8 Å². The Morgan fingerprint density at radius 2 is 1.71 bits per heavy atom. The number of carbonyl (C=O) groups is 3. The molecule has 0 saturated carbocycles. The minimum atomic E-state index is -3.65. The van der Waals surface area contributed by atoms with Crippen LogP contribution in [0.3, 0.4) is 0 Å². The fraction of sp³-hybridized carbons (Fsp3) is 0.571. The number of hydrogen-bond acceptors (Lipinski definition) is 6. The molecule has 0 spiro atoms. The topological polar surface area (TPSA) is 122 Å². The highest BCUT2D eigenvalue weighted by Gasteiger charge is 2.31. The molecule has 2 rings (SSSR count). The molecule has 1 saturated heterocycles. The van der Waals surface area contributed by atoms with Crippen LogP contribution in [0.2, 0.25) is 0 Å². The number of benzene rings is 1. The fourth-order valence-electron chi connectivity index (χ4n) is 3.51. The van der Waals surface area contributed by atoms with Crippen LogP contribution in [0, 0.1) is 11.8 Å². The largest absolute Gasteiger partial charge is 0.452 e. The Kier molecular flexibility index (Phi) is 9.00. The number of hydrogen-bond donors (Lipinski definition) is 2. The first-order valence-corrected chi connectivity index (χ1v) is 11.9. The number of nitrogens with zero attached hydrogens (tertiary/aromatic N) is 1. The van der Waals surface area contributed by atoms with Crippen molar-refractivity contribution in [3.8, 4) is 0 Å². The van der Waals surface area contributed by atoms with Gasteiger partial charge in [-0.15, -0.1) is 0 Å². The minimum Gasteiger partial charge on any atom is -0.452 e. The standard InChI is InChI=1S/C21H31N3O6S/c1-4-5-10-22-21(27)23-19(25)14-30-20(26)17-6-8-18(9-7-17)31(28,29)24-12-15(2)11-16(3)13-24/h6-9,15-16H,4-5,10-14H2,1-3H3,(H2,22,23,25,27). The summed E-state index contributed by atoms with van der Waals surface area (Å²) in [6.07, 6.45) is 2.69. The van der Waals surface area contributed by atoms with E-state index in [1.165, 1.54) is 28.6 Å². The van der Waals surface area contributed by atoms with E-state index in [0.717, 1.165) is 19.3 Å². The van der Waals surface area contributed by atoms with Gasteiger partial charge in [0.2, 0.25) is 10.0 Å². The Hall–Kier alpha value is -2.46. The second-order valence-electron chi connectivity index (χ2n) is 8.03. The SMILES string of the molecule is CCCCNC(=O)NC(=O)COC(=O)c1ccc(S(=O)(=O)N2CC(C)CC(C)C2)cc1. The molecule has 0 aliphatic carbocycles. The summed E-state index contributed by atoms with van der Waals surface area (Å²) in [5.41, 5.74) is 0.111. The number of imide groups is 1. The summed E-state index contributed by atoms with van der Waals surface area (Å²) < 4.78 is 32.2. The Morgan fingerprint density at radius 1 is 1.10 bits per heavy atom. The Bertz CT molecular complexity index is 875. The summed E-state index contributed by atoms with van der Waals surface area (Å²) in [5.74, 6) is -0.971. The molecule has 1 aromatic rings. The third-order valence-corrected chi connectivity index (χ3v) is 6.81. The maximum Gasteiger partial charge on any atom is 0.338 e. The zero-order valence-corrected chi connectivity index (χ0v) is 19.0. The molecular formula is C21H31N3O6S. The van der Waals surface area contributed by atoms with Gasteiger partial charge in [-0.3, -0.25) is 10.1 Å². The molecule has 172 valence electrons. The van der Waals surface area contributed by atoms with Crippen molar-refractivity contribution in [1.82, 2.24) is 14.9 Å². The summed E-state index contributed by atoms with van der Waals surface area (Å²) in [6.45, 7) is 6.80.